The first-order valence-electron chi connectivity index (χ1n) is 5.40. The zero-order chi connectivity index (χ0) is 12.3. The van der Waals surface area contributed by atoms with E-state index in [1.54, 1.807) is 24.2 Å². The number of rotatable bonds is 4. The third-order valence-electron chi connectivity index (χ3n) is 2.41. The van der Waals surface area contributed by atoms with Crippen molar-refractivity contribution in [3.8, 4) is 11.6 Å². The Morgan fingerprint density at radius 2 is 2.24 bits per heavy atom. The summed E-state index contributed by atoms with van der Waals surface area (Å²) >= 11 is 0. The largest absolute Gasteiger partial charge is 0.493 e. The van der Waals surface area contributed by atoms with Gasteiger partial charge in [0, 0.05) is 12.1 Å². The molecule has 1 N–H and O–H groups in total. The van der Waals surface area contributed by atoms with Crippen LogP contribution < -0.4 is 10.1 Å². The maximum absolute atomic E-state index is 5.09. The normalized spacial score (nSPS) is 10.3. The van der Waals surface area contributed by atoms with Crippen LogP contribution in [0.2, 0.25) is 0 Å². The fourth-order valence-corrected chi connectivity index (χ4v) is 1.55. The topological polar surface area (TPSA) is 64.9 Å². The predicted octanol–water partition coefficient (Wildman–Crippen LogP) is 1.41. The van der Waals surface area contributed by atoms with E-state index in [0.717, 1.165) is 23.7 Å². The molecule has 90 valence electrons. The number of nitrogens with zero attached hydrogens (tertiary/aromatic N) is 4. The zero-order valence-electron chi connectivity index (χ0n) is 10.1. The van der Waals surface area contributed by atoms with Crippen molar-refractivity contribution >= 4 is 5.82 Å². The third kappa shape index (κ3) is 2.20. The molecule has 0 fully saturated rings. The Morgan fingerprint density at radius 3 is 2.88 bits per heavy atom. The second-order valence-corrected chi connectivity index (χ2v) is 3.53. The number of aromatic nitrogens is 4. The van der Waals surface area contributed by atoms with Gasteiger partial charge < -0.3 is 10.1 Å². The van der Waals surface area contributed by atoms with E-state index in [1.807, 2.05) is 13.8 Å². The molecular weight excluding hydrogens is 218 g/mol. The van der Waals surface area contributed by atoms with E-state index in [-0.39, 0.29) is 0 Å². The highest BCUT2D eigenvalue weighted by atomic mass is 16.5. The van der Waals surface area contributed by atoms with Gasteiger partial charge in [0.15, 0.2) is 11.6 Å². The minimum absolute atomic E-state index is 0.702. The molecule has 0 aromatic carbocycles. The number of hydrogen-bond acceptors (Lipinski definition) is 5. The molecule has 0 unspecified atom stereocenters. The molecule has 2 aromatic rings. The van der Waals surface area contributed by atoms with Gasteiger partial charge in [-0.2, -0.15) is 5.10 Å². The summed E-state index contributed by atoms with van der Waals surface area (Å²) in [5, 5.41) is 7.38. The van der Waals surface area contributed by atoms with Crippen LogP contribution in [-0.4, -0.2) is 33.4 Å². The first kappa shape index (κ1) is 11.4. The van der Waals surface area contributed by atoms with Crippen molar-refractivity contribution in [3.05, 3.63) is 24.3 Å². The van der Waals surface area contributed by atoms with Gasteiger partial charge >= 0.3 is 0 Å². The minimum Gasteiger partial charge on any atom is -0.493 e. The molecule has 2 rings (SSSR count). The Morgan fingerprint density at radius 1 is 1.41 bits per heavy atom. The number of nitrogens with one attached hydrogen (secondary N) is 1. The SMILES string of the molecule is CCNc1ncnc(-n2cc(OC)cn2)c1C. The molecule has 2 heterocycles. The molecule has 0 aliphatic rings. The maximum Gasteiger partial charge on any atom is 0.161 e. The molecule has 0 bridgehead atoms. The summed E-state index contributed by atoms with van der Waals surface area (Å²) in [6.45, 7) is 4.80. The number of ether oxygens (including phenoxy) is 1. The quantitative estimate of drug-likeness (QED) is 0.865. The number of methoxy groups -OCH3 is 1. The van der Waals surface area contributed by atoms with Crippen molar-refractivity contribution in [1.82, 2.24) is 19.7 Å². The Kier molecular flexibility index (Phi) is 3.22. The van der Waals surface area contributed by atoms with Gasteiger partial charge in [0.2, 0.25) is 0 Å². The average Bonchev–Trinajstić information content (AvgIpc) is 2.80. The molecule has 0 saturated heterocycles. The summed E-state index contributed by atoms with van der Waals surface area (Å²) in [6, 6.07) is 0. The standard InChI is InChI=1S/C11H15N5O/c1-4-12-10-8(2)11(14-7-13-10)16-6-9(17-3)5-15-16/h5-7H,4H2,1-3H3,(H,12,13,14). The highest BCUT2D eigenvalue weighted by molar-refractivity contribution is 5.50. The van der Waals surface area contributed by atoms with Crippen molar-refractivity contribution in [1.29, 1.82) is 0 Å². The van der Waals surface area contributed by atoms with Gasteiger partial charge in [0.1, 0.15) is 12.1 Å². The van der Waals surface area contributed by atoms with Crippen molar-refractivity contribution in [2.24, 2.45) is 0 Å². The van der Waals surface area contributed by atoms with E-state index in [9.17, 15) is 0 Å². The van der Waals surface area contributed by atoms with Crippen LogP contribution in [-0.2, 0) is 0 Å². The smallest absolute Gasteiger partial charge is 0.161 e. The van der Waals surface area contributed by atoms with Crippen LogP contribution in [0, 0.1) is 6.92 Å². The lowest BCUT2D eigenvalue weighted by atomic mass is 10.3. The molecule has 0 radical (unpaired) electrons. The molecule has 2 aromatic heterocycles. The highest BCUT2D eigenvalue weighted by Crippen LogP contribution is 2.18. The van der Waals surface area contributed by atoms with Gasteiger partial charge in [-0.1, -0.05) is 0 Å². The monoisotopic (exact) mass is 233 g/mol. The molecule has 0 spiro atoms. The van der Waals surface area contributed by atoms with Crippen molar-refractivity contribution in [3.63, 3.8) is 0 Å². The van der Waals surface area contributed by atoms with E-state index in [4.69, 9.17) is 4.74 Å². The van der Waals surface area contributed by atoms with Gasteiger partial charge in [-0.25, -0.2) is 14.6 Å². The Bertz CT molecular complexity index is 508. The fourth-order valence-electron chi connectivity index (χ4n) is 1.55. The van der Waals surface area contributed by atoms with Gasteiger partial charge in [-0.3, -0.25) is 0 Å². The summed E-state index contributed by atoms with van der Waals surface area (Å²) in [4.78, 5) is 8.42. The first-order valence-corrected chi connectivity index (χ1v) is 5.40. The Labute approximate surface area is 99.7 Å². The summed E-state index contributed by atoms with van der Waals surface area (Å²) < 4.78 is 6.77. The Hall–Kier alpha value is -2.11. The maximum atomic E-state index is 5.09. The molecule has 6 heteroatoms. The lowest BCUT2D eigenvalue weighted by Gasteiger charge is -2.09. The van der Waals surface area contributed by atoms with Crippen LogP contribution in [0.15, 0.2) is 18.7 Å². The van der Waals surface area contributed by atoms with E-state index < -0.39 is 0 Å². The van der Waals surface area contributed by atoms with Gasteiger partial charge in [-0.15, -0.1) is 0 Å². The van der Waals surface area contributed by atoms with Gasteiger partial charge in [0.05, 0.1) is 19.5 Å². The van der Waals surface area contributed by atoms with Gasteiger partial charge in [-0.05, 0) is 13.8 Å². The molecular formula is C11H15N5O. The van der Waals surface area contributed by atoms with Gasteiger partial charge in [0.25, 0.3) is 0 Å². The third-order valence-corrected chi connectivity index (χ3v) is 2.41. The molecule has 0 aliphatic carbocycles. The summed E-state index contributed by atoms with van der Waals surface area (Å²) in [5.74, 6) is 2.28. The van der Waals surface area contributed by atoms with Crippen LogP contribution in [0.25, 0.3) is 5.82 Å². The van der Waals surface area contributed by atoms with Crippen molar-refractivity contribution in [2.75, 3.05) is 19.0 Å². The molecule has 0 aliphatic heterocycles. The molecule has 0 saturated carbocycles. The summed E-state index contributed by atoms with van der Waals surface area (Å²) in [7, 11) is 1.61. The second kappa shape index (κ2) is 4.82. The zero-order valence-corrected chi connectivity index (χ0v) is 10.1. The number of anilines is 1. The van der Waals surface area contributed by atoms with Crippen molar-refractivity contribution in [2.45, 2.75) is 13.8 Å². The molecule has 17 heavy (non-hydrogen) atoms. The molecule has 0 atom stereocenters. The minimum atomic E-state index is 0.702. The average molecular weight is 233 g/mol. The summed E-state index contributed by atoms with van der Waals surface area (Å²) in [6.07, 6.45) is 4.95. The summed E-state index contributed by atoms with van der Waals surface area (Å²) in [5.41, 5.74) is 0.958. The van der Waals surface area contributed by atoms with Crippen LogP contribution in [0.1, 0.15) is 12.5 Å². The van der Waals surface area contributed by atoms with Crippen molar-refractivity contribution < 1.29 is 4.74 Å². The molecule has 0 amide bonds. The van der Waals surface area contributed by atoms with E-state index in [1.165, 1.54) is 6.33 Å². The fraction of sp³-hybridized carbons (Fsp3) is 0.364. The van der Waals surface area contributed by atoms with Crippen LogP contribution in [0.3, 0.4) is 0 Å². The van der Waals surface area contributed by atoms with Crippen LogP contribution in [0.5, 0.6) is 5.75 Å². The first-order chi connectivity index (χ1) is 8.26. The van der Waals surface area contributed by atoms with Crippen LogP contribution in [0.4, 0.5) is 5.82 Å². The lowest BCUT2D eigenvalue weighted by Crippen LogP contribution is -2.07. The second-order valence-electron chi connectivity index (χ2n) is 3.53. The van der Waals surface area contributed by atoms with E-state index in [2.05, 4.69) is 20.4 Å². The van der Waals surface area contributed by atoms with E-state index in [0.29, 0.717) is 5.75 Å². The highest BCUT2D eigenvalue weighted by Gasteiger charge is 2.09. The van der Waals surface area contributed by atoms with Crippen LogP contribution >= 0.6 is 0 Å². The predicted molar refractivity (Wildman–Crippen MR) is 64.6 cm³/mol. The lowest BCUT2D eigenvalue weighted by molar-refractivity contribution is 0.414. The van der Waals surface area contributed by atoms with E-state index >= 15 is 0 Å². The molecule has 6 nitrogen and oxygen atoms in total. The Balaban J connectivity index is 2.41. The number of hydrogen-bond donors (Lipinski definition) is 1.